The molecule has 3 saturated heterocycles. The Labute approximate surface area is 206 Å². The first-order valence-electron chi connectivity index (χ1n) is 12.9. The summed E-state index contributed by atoms with van der Waals surface area (Å²) in [6.45, 7) is 1.28. The van der Waals surface area contributed by atoms with Crippen molar-refractivity contribution < 1.29 is 54.0 Å². The monoisotopic (exact) mass is 506 g/mol. The number of carbonyl (C=O) groups excluding carboxylic acids is 1. The maximum absolute atomic E-state index is 12.1. The summed E-state index contributed by atoms with van der Waals surface area (Å²) < 4.78 is 27.4. The first-order chi connectivity index (χ1) is 16.8. The summed E-state index contributed by atoms with van der Waals surface area (Å²) in [6, 6.07) is 0. The number of ether oxygens (including phenoxy) is 5. The van der Waals surface area contributed by atoms with Crippen LogP contribution in [0.2, 0.25) is 0 Å². The molecule has 0 radical (unpaired) electrons. The molecule has 9 atom stereocenters. The van der Waals surface area contributed by atoms with Crippen molar-refractivity contribution in [1.82, 2.24) is 0 Å². The van der Waals surface area contributed by atoms with Gasteiger partial charge in [0.05, 0.1) is 6.61 Å². The minimum Gasteiger partial charge on any atom is -0.463 e. The fourth-order valence-corrected chi connectivity index (χ4v) is 4.84. The molecule has 3 aliphatic heterocycles. The van der Waals surface area contributed by atoms with E-state index in [0.717, 1.165) is 19.3 Å². The third-order valence-corrected chi connectivity index (χ3v) is 7.01. The van der Waals surface area contributed by atoms with Crippen LogP contribution in [-0.4, -0.2) is 106 Å². The Morgan fingerprint density at radius 3 is 2.14 bits per heavy atom. The van der Waals surface area contributed by atoms with Crippen LogP contribution in [-0.2, 0) is 28.5 Å². The summed E-state index contributed by atoms with van der Waals surface area (Å²) in [5.41, 5.74) is 0. The molecule has 204 valence electrons. The zero-order valence-corrected chi connectivity index (χ0v) is 20.5. The van der Waals surface area contributed by atoms with E-state index >= 15 is 0 Å². The lowest BCUT2D eigenvalue weighted by atomic mass is 9.99. The lowest BCUT2D eigenvalue weighted by Crippen LogP contribution is -2.63. The van der Waals surface area contributed by atoms with Crippen molar-refractivity contribution in [2.45, 2.75) is 126 Å². The number of aliphatic hydroxyl groups is 5. The van der Waals surface area contributed by atoms with E-state index in [9.17, 15) is 30.3 Å². The van der Waals surface area contributed by atoms with Crippen molar-refractivity contribution >= 4 is 5.97 Å². The highest BCUT2D eigenvalue weighted by Gasteiger charge is 2.63. The molecule has 0 saturated carbocycles. The summed E-state index contributed by atoms with van der Waals surface area (Å²) in [4.78, 5) is 12.1. The van der Waals surface area contributed by atoms with Crippen molar-refractivity contribution in [3.63, 3.8) is 0 Å². The largest absolute Gasteiger partial charge is 0.463 e. The van der Waals surface area contributed by atoms with Gasteiger partial charge in [-0.2, -0.15) is 0 Å². The zero-order valence-electron chi connectivity index (χ0n) is 20.5. The van der Waals surface area contributed by atoms with Crippen molar-refractivity contribution in [2.24, 2.45) is 0 Å². The normalized spacial score (nSPS) is 38.7. The van der Waals surface area contributed by atoms with Gasteiger partial charge >= 0.3 is 5.97 Å². The van der Waals surface area contributed by atoms with Gasteiger partial charge in [-0.1, -0.05) is 58.3 Å². The molecule has 3 heterocycles. The minimum atomic E-state index is -1.80. The van der Waals surface area contributed by atoms with Crippen LogP contribution in [0.15, 0.2) is 0 Å². The number of aliphatic hydroxyl groups excluding tert-OH is 5. The van der Waals surface area contributed by atoms with Gasteiger partial charge in [0.1, 0.15) is 55.9 Å². The molecule has 5 N–H and O–H groups in total. The Balaban J connectivity index is 1.40. The standard InChI is InChI=1S/C24H42O11/c1-2-3-4-5-6-7-8-9-10-11-17(26)31-12-15-18(27)20(29)21(30)23(33-15)35-24(14-25)22-19(28)16(34-24)13-32-22/h15-16,18-23,25,27-30H,2-14H2,1H3/t15-,16-,18-,19-,20+,21-,22+,23-,24+/m1/s1. The summed E-state index contributed by atoms with van der Waals surface area (Å²) >= 11 is 0. The molecule has 2 bridgehead atoms. The lowest BCUT2D eigenvalue weighted by Gasteiger charge is -2.44. The van der Waals surface area contributed by atoms with E-state index in [4.69, 9.17) is 23.7 Å². The fraction of sp³-hybridized carbons (Fsp3) is 0.958. The molecule has 11 heteroatoms. The zero-order chi connectivity index (χ0) is 25.4. The van der Waals surface area contributed by atoms with Crippen LogP contribution in [0.25, 0.3) is 0 Å². The van der Waals surface area contributed by atoms with Crippen molar-refractivity contribution in [3.05, 3.63) is 0 Å². The molecule has 0 aliphatic carbocycles. The predicted octanol–water partition coefficient (Wildman–Crippen LogP) is 0.122. The summed E-state index contributed by atoms with van der Waals surface area (Å²) in [6.07, 6.45) is 0.0523. The first-order valence-corrected chi connectivity index (χ1v) is 12.9. The quantitative estimate of drug-likeness (QED) is 0.151. The molecule has 3 rings (SSSR count). The number of hydrogen-bond donors (Lipinski definition) is 5. The van der Waals surface area contributed by atoms with Gasteiger partial charge < -0.3 is 49.2 Å². The van der Waals surface area contributed by atoms with E-state index in [1.54, 1.807) is 0 Å². The number of fused-ring (bicyclic) bond motifs is 2. The Hall–Kier alpha value is -0.890. The van der Waals surface area contributed by atoms with Gasteiger partial charge in [0.25, 0.3) is 0 Å². The van der Waals surface area contributed by atoms with E-state index < -0.39 is 67.4 Å². The van der Waals surface area contributed by atoms with E-state index in [1.165, 1.54) is 32.1 Å². The van der Waals surface area contributed by atoms with Gasteiger partial charge in [0, 0.05) is 6.42 Å². The van der Waals surface area contributed by atoms with E-state index in [1.807, 2.05) is 0 Å². The van der Waals surface area contributed by atoms with E-state index in [0.29, 0.717) is 6.42 Å². The maximum atomic E-state index is 12.1. The van der Waals surface area contributed by atoms with Crippen LogP contribution in [0.4, 0.5) is 0 Å². The Morgan fingerprint density at radius 1 is 0.914 bits per heavy atom. The molecule has 35 heavy (non-hydrogen) atoms. The van der Waals surface area contributed by atoms with Crippen LogP contribution >= 0.6 is 0 Å². The SMILES string of the molecule is CCCCCCCCCCCC(=O)OC[C@H]1O[C@H](O[C@]2(CO)O[C@@H]3CO[C@H]2[C@@H]3O)[C@H](O)[C@@H](O)[C@@H]1O. The molecule has 0 unspecified atom stereocenters. The van der Waals surface area contributed by atoms with Gasteiger partial charge in [-0.25, -0.2) is 0 Å². The molecule has 3 aliphatic rings. The van der Waals surface area contributed by atoms with Crippen molar-refractivity contribution in [1.29, 1.82) is 0 Å². The number of unbranched alkanes of at least 4 members (excludes halogenated alkanes) is 8. The summed E-state index contributed by atoms with van der Waals surface area (Å²) in [5, 5.41) is 50.9. The smallest absolute Gasteiger partial charge is 0.305 e. The van der Waals surface area contributed by atoms with Crippen molar-refractivity contribution in [3.8, 4) is 0 Å². The molecular weight excluding hydrogens is 464 g/mol. The van der Waals surface area contributed by atoms with Gasteiger partial charge in [-0.05, 0) is 6.42 Å². The van der Waals surface area contributed by atoms with Gasteiger partial charge in [-0.15, -0.1) is 0 Å². The second kappa shape index (κ2) is 13.6. The average molecular weight is 507 g/mol. The number of esters is 1. The second-order valence-corrected chi connectivity index (χ2v) is 9.76. The van der Waals surface area contributed by atoms with Crippen LogP contribution in [0.5, 0.6) is 0 Å². The second-order valence-electron chi connectivity index (χ2n) is 9.76. The maximum Gasteiger partial charge on any atom is 0.305 e. The van der Waals surface area contributed by atoms with Crippen LogP contribution in [0.3, 0.4) is 0 Å². The van der Waals surface area contributed by atoms with E-state index in [-0.39, 0.29) is 19.6 Å². The predicted molar refractivity (Wildman–Crippen MR) is 121 cm³/mol. The Bertz CT molecular complexity index is 649. The number of rotatable bonds is 15. The molecule has 3 fully saturated rings. The highest BCUT2D eigenvalue weighted by Crippen LogP contribution is 2.41. The van der Waals surface area contributed by atoms with Gasteiger partial charge in [-0.3, -0.25) is 4.79 Å². The third-order valence-electron chi connectivity index (χ3n) is 7.01. The molecule has 0 aromatic heterocycles. The highest BCUT2D eigenvalue weighted by molar-refractivity contribution is 5.69. The number of hydrogen-bond acceptors (Lipinski definition) is 11. The molecular formula is C24H42O11. The lowest BCUT2D eigenvalue weighted by molar-refractivity contribution is -0.396. The van der Waals surface area contributed by atoms with Gasteiger partial charge in [0.2, 0.25) is 5.79 Å². The average Bonchev–Trinajstić information content (AvgIpc) is 3.34. The number of carbonyl (C=O) groups is 1. The highest BCUT2D eigenvalue weighted by atomic mass is 16.8. The van der Waals surface area contributed by atoms with Gasteiger partial charge in [0.15, 0.2) is 6.29 Å². The fourth-order valence-electron chi connectivity index (χ4n) is 4.84. The van der Waals surface area contributed by atoms with Crippen LogP contribution < -0.4 is 0 Å². The molecule has 0 amide bonds. The topological polar surface area (TPSA) is 164 Å². The molecule has 0 spiro atoms. The van der Waals surface area contributed by atoms with Crippen LogP contribution in [0.1, 0.15) is 71.1 Å². The summed E-state index contributed by atoms with van der Waals surface area (Å²) in [7, 11) is 0. The Kier molecular flexibility index (Phi) is 11.1. The van der Waals surface area contributed by atoms with E-state index in [2.05, 4.69) is 6.92 Å². The summed E-state index contributed by atoms with van der Waals surface area (Å²) in [5.74, 6) is -2.24. The molecule has 0 aromatic carbocycles. The molecule has 11 nitrogen and oxygen atoms in total. The minimum absolute atomic E-state index is 0.129. The van der Waals surface area contributed by atoms with Crippen LogP contribution in [0, 0.1) is 0 Å². The molecule has 0 aromatic rings. The third kappa shape index (κ3) is 7.12. The first kappa shape index (κ1) is 28.7. The Morgan fingerprint density at radius 2 is 1.57 bits per heavy atom. The van der Waals surface area contributed by atoms with Crippen molar-refractivity contribution in [2.75, 3.05) is 19.8 Å².